The van der Waals surface area contributed by atoms with Crippen LogP contribution in [0, 0.1) is 13.8 Å². The largest absolute Gasteiger partial charge is 0.398 e. The first kappa shape index (κ1) is 16.1. The molecule has 2 rings (SSSR count). The fourth-order valence-electron chi connectivity index (χ4n) is 1.87. The third kappa shape index (κ3) is 3.33. The number of hydrogen-bond donors (Lipinski definition) is 2. The Morgan fingerprint density at radius 3 is 2.52 bits per heavy atom. The lowest BCUT2D eigenvalue weighted by Gasteiger charge is -2.14. The van der Waals surface area contributed by atoms with Gasteiger partial charge in [0.2, 0.25) is 0 Å². The highest BCUT2D eigenvalue weighted by Gasteiger charge is 2.20. The van der Waals surface area contributed by atoms with Crippen molar-refractivity contribution in [1.29, 1.82) is 0 Å². The molecular weight excluding hydrogens is 376 g/mol. The Bertz CT molecular complexity index is 807. The Morgan fingerprint density at radius 2 is 1.86 bits per heavy atom. The van der Waals surface area contributed by atoms with Gasteiger partial charge in [-0.15, -0.1) is 0 Å². The van der Waals surface area contributed by atoms with Gasteiger partial charge in [-0.25, -0.2) is 8.42 Å². The van der Waals surface area contributed by atoms with E-state index in [2.05, 4.69) is 20.7 Å². The van der Waals surface area contributed by atoms with Gasteiger partial charge < -0.3 is 5.73 Å². The lowest BCUT2D eigenvalue weighted by molar-refractivity contribution is 0.600. The average Bonchev–Trinajstić information content (AvgIpc) is 2.39. The molecular formula is C14H14BrClN2O2S. The number of sulfonamides is 1. The van der Waals surface area contributed by atoms with E-state index < -0.39 is 10.0 Å². The summed E-state index contributed by atoms with van der Waals surface area (Å²) in [6.45, 7) is 3.47. The van der Waals surface area contributed by atoms with Crippen molar-refractivity contribution in [2.75, 3.05) is 10.5 Å². The SMILES string of the molecule is Cc1c(Br)cccc1NS(=O)(=O)c1cc(Cl)cc(N)c1C. The second-order valence-electron chi connectivity index (χ2n) is 4.64. The van der Waals surface area contributed by atoms with Crippen LogP contribution in [0.25, 0.3) is 0 Å². The zero-order valence-corrected chi connectivity index (χ0v) is 14.6. The Hall–Kier alpha value is -1.24. The van der Waals surface area contributed by atoms with E-state index in [1.54, 1.807) is 19.1 Å². The first-order chi connectivity index (χ1) is 9.72. The Morgan fingerprint density at radius 1 is 1.19 bits per heavy atom. The lowest BCUT2D eigenvalue weighted by Crippen LogP contribution is -2.16. The first-order valence-electron chi connectivity index (χ1n) is 6.06. The molecule has 4 nitrogen and oxygen atoms in total. The van der Waals surface area contributed by atoms with E-state index in [0.717, 1.165) is 10.0 Å². The Kier molecular flexibility index (Phi) is 4.51. The van der Waals surface area contributed by atoms with Gasteiger partial charge in [0.15, 0.2) is 0 Å². The summed E-state index contributed by atoms with van der Waals surface area (Å²) in [7, 11) is -3.76. The second-order valence-corrected chi connectivity index (χ2v) is 7.58. The van der Waals surface area contributed by atoms with E-state index in [1.807, 2.05) is 13.0 Å². The maximum Gasteiger partial charge on any atom is 0.262 e. The molecule has 0 aliphatic rings. The van der Waals surface area contributed by atoms with Crippen molar-refractivity contribution in [2.45, 2.75) is 18.7 Å². The molecule has 7 heteroatoms. The van der Waals surface area contributed by atoms with E-state index in [0.29, 0.717) is 16.9 Å². The van der Waals surface area contributed by atoms with Gasteiger partial charge in [0.05, 0.1) is 10.6 Å². The third-order valence-electron chi connectivity index (χ3n) is 3.17. The molecule has 0 unspecified atom stereocenters. The molecule has 0 amide bonds. The number of nitrogens with one attached hydrogen (secondary N) is 1. The van der Waals surface area contributed by atoms with Crippen molar-refractivity contribution < 1.29 is 8.42 Å². The predicted molar refractivity (Wildman–Crippen MR) is 90.3 cm³/mol. The van der Waals surface area contributed by atoms with Gasteiger partial charge >= 0.3 is 0 Å². The second kappa shape index (κ2) is 5.87. The molecule has 3 N–H and O–H groups in total. The minimum absolute atomic E-state index is 0.0758. The number of rotatable bonds is 3. The highest BCUT2D eigenvalue weighted by atomic mass is 79.9. The molecule has 0 fully saturated rings. The fourth-order valence-corrected chi connectivity index (χ4v) is 3.95. The number of hydrogen-bond acceptors (Lipinski definition) is 3. The molecule has 0 bridgehead atoms. The highest BCUT2D eigenvalue weighted by Crippen LogP contribution is 2.30. The quantitative estimate of drug-likeness (QED) is 0.776. The lowest BCUT2D eigenvalue weighted by atomic mass is 10.2. The Balaban J connectivity index is 2.51. The van der Waals surface area contributed by atoms with Gasteiger partial charge in [-0.2, -0.15) is 0 Å². The fraction of sp³-hybridized carbons (Fsp3) is 0.143. The van der Waals surface area contributed by atoms with Crippen LogP contribution >= 0.6 is 27.5 Å². The summed E-state index contributed by atoms with van der Waals surface area (Å²) in [4.78, 5) is 0.0758. The molecule has 21 heavy (non-hydrogen) atoms. The van der Waals surface area contributed by atoms with Gasteiger partial charge in [-0.3, -0.25) is 4.72 Å². The standard InChI is InChI=1S/C14H14BrClN2O2S/c1-8-11(15)4-3-5-13(8)18-21(19,20)14-7-10(16)6-12(17)9(14)2/h3-7,18H,17H2,1-2H3. The van der Waals surface area contributed by atoms with Gasteiger partial charge in [0, 0.05) is 15.2 Å². The predicted octanol–water partition coefficient (Wildman–Crippen LogP) is 4.10. The summed E-state index contributed by atoms with van der Waals surface area (Å²) in [6, 6.07) is 8.22. The van der Waals surface area contributed by atoms with Crippen molar-refractivity contribution in [1.82, 2.24) is 0 Å². The number of halogens is 2. The van der Waals surface area contributed by atoms with Gasteiger partial charge in [0.25, 0.3) is 10.0 Å². The van der Waals surface area contributed by atoms with Crippen LogP contribution in [0.4, 0.5) is 11.4 Å². The normalized spacial score (nSPS) is 11.4. The van der Waals surface area contributed by atoms with E-state index in [4.69, 9.17) is 17.3 Å². The van der Waals surface area contributed by atoms with Gasteiger partial charge in [-0.05, 0) is 49.2 Å². The van der Waals surface area contributed by atoms with Gasteiger partial charge in [-0.1, -0.05) is 33.6 Å². The maximum atomic E-state index is 12.5. The van der Waals surface area contributed by atoms with Crippen molar-refractivity contribution in [3.8, 4) is 0 Å². The van der Waals surface area contributed by atoms with Crippen LogP contribution in [0.5, 0.6) is 0 Å². The van der Waals surface area contributed by atoms with Crippen LogP contribution in [0.2, 0.25) is 5.02 Å². The van der Waals surface area contributed by atoms with Crippen LogP contribution in [0.1, 0.15) is 11.1 Å². The number of anilines is 2. The molecule has 0 aliphatic heterocycles. The van der Waals surface area contributed by atoms with Crippen molar-refractivity contribution >= 4 is 48.9 Å². The highest BCUT2D eigenvalue weighted by molar-refractivity contribution is 9.10. The smallest absolute Gasteiger partial charge is 0.262 e. The minimum Gasteiger partial charge on any atom is -0.398 e. The summed E-state index contributed by atoms with van der Waals surface area (Å²) >= 11 is 9.28. The van der Waals surface area contributed by atoms with Crippen molar-refractivity contribution in [3.63, 3.8) is 0 Å². The van der Waals surface area contributed by atoms with E-state index in [1.165, 1.54) is 12.1 Å². The molecule has 0 saturated heterocycles. The molecule has 0 aromatic heterocycles. The molecule has 112 valence electrons. The number of nitrogens with two attached hydrogens (primary N) is 1. The molecule has 0 aliphatic carbocycles. The number of benzene rings is 2. The molecule has 0 saturated carbocycles. The molecule has 0 heterocycles. The zero-order valence-electron chi connectivity index (χ0n) is 11.4. The maximum absolute atomic E-state index is 12.5. The summed E-state index contributed by atoms with van der Waals surface area (Å²) in [6.07, 6.45) is 0. The summed E-state index contributed by atoms with van der Waals surface area (Å²) in [5.41, 5.74) is 7.90. The van der Waals surface area contributed by atoms with E-state index >= 15 is 0 Å². The van der Waals surface area contributed by atoms with Crippen LogP contribution in [-0.4, -0.2) is 8.42 Å². The summed E-state index contributed by atoms with van der Waals surface area (Å²) < 4.78 is 28.5. The van der Waals surface area contributed by atoms with E-state index in [9.17, 15) is 8.42 Å². The monoisotopic (exact) mass is 388 g/mol. The van der Waals surface area contributed by atoms with Crippen molar-refractivity contribution in [2.24, 2.45) is 0 Å². The minimum atomic E-state index is -3.76. The van der Waals surface area contributed by atoms with Gasteiger partial charge in [0.1, 0.15) is 0 Å². The van der Waals surface area contributed by atoms with Crippen LogP contribution < -0.4 is 10.5 Å². The molecule has 2 aromatic rings. The van der Waals surface area contributed by atoms with Crippen LogP contribution in [-0.2, 0) is 10.0 Å². The third-order valence-corrected chi connectivity index (χ3v) is 5.74. The molecule has 2 aromatic carbocycles. The van der Waals surface area contributed by atoms with Crippen LogP contribution in [0.15, 0.2) is 39.7 Å². The molecule has 0 radical (unpaired) electrons. The summed E-state index contributed by atoms with van der Waals surface area (Å²) in [5, 5.41) is 0.282. The molecule has 0 spiro atoms. The van der Waals surface area contributed by atoms with Crippen LogP contribution in [0.3, 0.4) is 0 Å². The Labute approximate surface area is 137 Å². The average molecular weight is 390 g/mol. The first-order valence-corrected chi connectivity index (χ1v) is 8.71. The van der Waals surface area contributed by atoms with Crippen molar-refractivity contribution in [3.05, 3.63) is 51.0 Å². The number of nitrogen functional groups attached to an aromatic ring is 1. The topological polar surface area (TPSA) is 72.2 Å². The molecule has 0 atom stereocenters. The zero-order chi connectivity index (χ0) is 15.8. The summed E-state index contributed by atoms with van der Waals surface area (Å²) in [5.74, 6) is 0. The van der Waals surface area contributed by atoms with E-state index in [-0.39, 0.29) is 9.92 Å².